The van der Waals surface area contributed by atoms with E-state index in [1.165, 1.54) is 12.1 Å². The molecule has 5 heterocycles. The third kappa shape index (κ3) is 3.25. The number of phenolic OH excluding ortho intramolecular Hbond substituents is 1. The molecule has 7 rings (SSSR count). The molecule has 10 heteroatoms. The van der Waals surface area contributed by atoms with E-state index in [-0.39, 0.29) is 41.8 Å². The first-order valence-electron chi connectivity index (χ1n) is 12.4. The number of hydrogen-bond donors (Lipinski definition) is 2. The zero-order chi connectivity index (χ0) is 25.4. The Hall–Kier alpha value is -3.76. The van der Waals surface area contributed by atoms with Crippen molar-refractivity contribution in [3.05, 3.63) is 65.2 Å². The van der Waals surface area contributed by atoms with Crippen molar-refractivity contribution in [1.29, 1.82) is 0 Å². The molecule has 2 aromatic carbocycles. The molecule has 190 valence electrons. The molecule has 1 saturated heterocycles. The smallest absolute Gasteiger partial charge is 0.236 e. The van der Waals surface area contributed by atoms with Gasteiger partial charge in [-0.1, -0.05) is 24.3 Å². The fourth-order valence-electron chi connectivity index (χ4n) is 5.68. The lowest BCUT2D eigenvalue weighted by Gasteiger charge is -2.45. The van der Waals surface area contributed by atoms with Crippen molar-refractivity contribution >= 4 is 17.3 Å². The summed E-state index contributed by atoms with van der Waals surface area (Å²) in [4.78, 5) is 13.6. The van der Waals surface area contributed by atoms with Gasteiger partial charge in [-0.05, 0) is 32.0 Å². The number of phenols is 1. The van der Waals surface area contributed by atoms with E-state index in [1.54, 1.807) is 4.90 Å². The summed E-state index contributed by atoms with van der Waals surface area (Å²) in [7, 11) is 0. The quantitative estimate of drug-likeness (QED) is 0.516. The van der Waals surface area contributed by atoms with Crippen LogP contribution in [-0.2, 0) is 4.74 Å². The number of amidine groups is 1. The number of aliphatic imine (C=N–C) groups is 1. The van der Waals surface area contributed by atoms with E-state index in [1.807, 2.05) is 31.2 Å². The fraction of sp³-hybridized carbons (Fsp3) is 0.333. The molecule has 0 radical (unpaired) electrons. The van der Waals surface area contributed by atoms with Crippen LogP contribution in [0.3, 0.4) is 0 Å². The third-order valence-corrected chi connectivity index (χ3v) is 7.47. The van der Waals surface area contributed by atoms with Crippen LogP contribution in [0.25, 0.3) is 11.3 Å². The topological polar surface area (TPSA) is 82.5 Å². The Morgan fingerprint density at radius 1 is 1.08 bits per heavy atom. The second kappa shape index (κ2) is 8.12. The summed E-state index contributed by atoms with van der Waals surface area (Å²) in [5, 5.41) is 14.0. The van der Waals surface area contributed by atoms with Crippen molar-refractivity contribution in [3.63, 3.8) is 0 Å². The Bertz CT molecular complexity index is 1440. The molecule has 2 unspecified atom stereocenters. The highest BCUT2D eigenvalue weighted by Gasteiger charge is 2.45. The number of para-hydroxylation sites is 1. The molecular weight excluding hydrogens is 480 g/mol. The first kappa shape index (κ1) is 22.4. The van der Waals surface area contributed by atoms with Gasteiger partial charge in [0.2, 0.25) is 6.35 Å². The predicted octanol–water partition coefficient (Wildman–Crippen LogP) is 4.06. The lowest BCUT2D eigenvalue weighted by atomic mass is 10.0. The summed E-state index contributed by atoms with van der Waals surface area (Å²) in [6.45, 7) is 5.52. The number of hydrogen-bond acceptors (Lipinski definition) is 8. The van der Waals surface area contributed by atoms with Crippen molar-refractivity contribution < 1.29 is 23.4 Å². The number of aromatic nitrogens is 1. The summed E-state index contributed by atoms with van der Waals surface area (Å²) in [5.74, 6) is -1.20. The summed E-state index contributed by atoms with van der Waals surface area (Å²) in [6.07, 6.45) is -0.998. The Morgan fingerprint density at radius 3 is 2.76 bits per heavy atom. The SMILES string of the molecule is CC1OC2N=C3c4c(nc(-c5c(O)cccc5F)c(F)c4OC[C@@H]4CN[C@H](C)CN34)N2c2ccccc21. The molecule has 1 aromatic heterocycles. The molecule has 4 aliphatic heterocycles. The molecule has 0 spiro atoms. The Balaban J connectivity index is 1.54. The van der Waals surface area contributed by atoms with Crippen LogP contribution < -0.4 is 15.0 Å². The molecular formula is C27H25F2N5O3. The second-order valence-corrected chi connectivity index (χ2v) is 9.85. The number of benzene rings is 2. The number of rotatable bonds is 1. The van der Waals surface area contributed by atoms with Crippen LogP contribution >= 0.6 is 0 Å². The maximum absolute atomic E-state index is 16.2. The standard InChI is InChI=1S/C27H25F2N5O3/c1-13-11-33-15(10-30-13)12-36-24-21-25(33)32-27-34(18-8-4-3-6-16(18)14(2)37-27)26(21)31-23(22(24)29)20-17(28)7-5-9-19(20)35/h3-9,13-15,27,30,35H,10-12H2,1-2H3/t13-,14?,15+,27?/m1/s1. The van der Waals surface area contributed by atoms with E-state index in [4.69, 9.17) is 14.5 Å². The fourth-order valence-corrected chi connectivity index (χ4v) is 5.68. The number of pyridine rings is 1. The molecule has 1 fully saturated rings. The molecule has 8 nitrogen and oxygen atoms in total. The van der Waals surface area contributed by atoms with E-state index in [9.17, 15) is 9.50 Å². The maximum Gasteiger partial charge on any atom is 0.236 e. The summed E-state index contributed by atoms with van der Waals surface area (Å²) >= 11 is 0. The van der Waals surface area contributed by atoms with Gasteiger partial charge in [0.15, 0.2) is 17.4 Å². The van der Waals surface area contributed by atoms with Crippen LogP contribution in [0.1, 0.15) is 31.1 Å². The normalized spacial score (nSPS) is 25.7. The van der Waals surface area contributed by atoms with Gasteiger partial charge < -0.3 is 24.8 Å². The van der Waals surface area contributed by atoms with Crippen molar-refractivity contribution in [2.75, 3.05) is 24.6 Å². The highest BCUT2D eigenvalue weighted by Crippen LogP contribution is 2.49. The second-order valence-electron chi connectivity index (χ2n) is 9.85. The van der Waals surface area contributed by atoms with Gasteiger partial charge in [-0.3, -0.25) is 4.90 Å². The molecule has 2 N–H and O–H groups in total. The van der Waals surface area contributed by atoms with Gasteiger partial charge in [-0.25, -0.2) is 18.8 Å². The Kier molecular flexibility index (Phi) is 4.93. The van der Waals surface area contributed by atoms with Gasteiger partial charge in [0.25, 0.3) is 0 Å². The van der Waals surface area contributed by atoms with Crippen LogP contribution in [-0.4, -0.2) is 59.0 Å². The number of nitrogens with one attached hydrogen (secondary N) is 1. The minimum Gasteiger partial charge on any atom is -0.507 e. The van der Waals surface area contributed by atoms with Crippen molar-refractivity contribution in [2.45, 2.75) is 38.4 Å². The average molecular weight is 506 g/mol. The van der Waals surface area contributed by atoms with Gasteiger partial charge in [-0.2, -0.15) is 0 Å². The number of aromatic hydroxyl groups is 1. The zero-order valence-electron chi connectivity index (χ0n) is 20.3. The molecule has 4 aliphatic rings. The average Bonchev–Trinajstić information content (AvgIpc) is 3.04. The van der Waals surface area contributed by atoms with Crippen molar-refractivity contribution in [1.82, 2.24) is 15.2 Å². The van der Waals surface area contributed by atoms with Gasteiger partial charge in [-0.15, -0.1) is 0 Å². The molecule has 37 heavy (non-hydrogen) atoms. The van der Waals surface area contributed by atoms with Gasteiger partial charge >= 0.3 is 0 Å². The first-order chi connectivity index (χ1) is 17.9. The summed E-state index contributed by atoms with van der Waals surface area (Å²) < 4.78 is 43.7. The van der Waals surface area contributed by atoms with Crippen molar-refractivity contribution in [2.24, 2.45) is 4.99 Å². The van der Waals surface area contributed by atoms with E-state index in [2.05, 4.69) is 22.1 Å². The molecule has 0 aliphatic carbocycles. The van der Waals surface area contributed by atoms with Gasteiger partial charge in [0.05, 0.1) is 23.4 Å². The zero-order valence-corrected chi connectivity index (χ0v) is 20.3. The van der Waals surface area contributed by atoms with Crippen LogP contribution in [0.2, 0.25) is 0 Å². The maximum atomic E-state index is 16.2. The van der Waals surface area contributed by atoms with E-state index in [0.717, 1.165) is 17.3 Å². The van der Waals surface area contributed by atoms with Crippen LogP contribution in [0.5, 0.6) is 11.5 Å². The van der Waals surface area contributed by atoms with Gasteiger partial charge in [0.1, 0.15) is 35.3 Å². The number of halogens is 2. The number of piperazine rings is 1. The minimum atomic E-state index is -0.842. The lowest BCUT2D eigenvalue weighted by Crippen LogP contribution is -2.59. The Labute approximate surface area is 212 Å². The van der Waals surface area contributed by atoms with Crippen LogP contribution in [0.15, 0.2) is 47.5 Å². The van der Waals surface area contributed by atoms with Gasteiger partial charge in [0, 0.05) is 24.7 Å². The summed E-state index contributed by atoms with van der Waals surface area (Å²) in [5.41, 5.74) is 1.49. The summed E-state index contributed by atoms with van der Waals surface area (Å²) in [6, 6.07) is 11.6. The minimum absolute atomic E-state index is 0.0574. The molecule has 4 atom stereocenters. The number of ether oxygens (including phenoxy) is 2. The number of nitrogens with zero attached hydrogens (tertiary/aromatic N) is 4. The highest BCUT2D eigenvalue weighted by atomic mass is 19.1. The van der Waals surface area contributed by atoms with Crippen molar-refractivity contribution in [3.8, 4) is 22.8 Å². The van der Waals surface area contributed by atoms with Crippen LogP contribution in [0.4, 0.5) is 20.3 Å². The first-order valence-corrected chi connectivity index (χ1v) is 12.4. The highest BCUT2D eigenvalue weighted by molar-refractivity contribution is 6.09. The molecule has 0 bridgehead atoms. The molecule has 0 saturated carbocycles. The lowest BCUT2D eigenvalue weighted by molar-refractivity contribution is -0.00580. The Morgan fingerprint density at radius 2 is 1.92 bits per heavy atom. The monoisotopic (exact) mass is 505 g/mol. The van der Waals surface area contributed by atoms with E-state index < -0.39 is 23.7 Å². The predicted molar refractivity (Wildman–Crippen MR) is 133 cm³/mol. The molecule has 3 aromatic rings. The third-order valence-electron chi connectivity index (χ3n) is 7.47. The van der Waals surface area contributed by atoms with Crippen LogP contribution in [0, 0.1) is 11.6 Å². The largest absolute Gasteiger partial charge is 0.507 e. The van der Waals surface area contributed by atoms with E-state index in [0.29, 0.717) is 30.3 Å². The number of fused-ring (bicyclic) bond motifs is 6. The molecule has 0 amide bonds. The number of anilines is 2. The van der Waals surface area contributed by atoms with E-state index >= 15 is 4.39 Å².